The second kappa shape index (κ2) is 5.26. The molecule has 0 radical (unpaired) electrons. The van der Waals surface area contributed by atoms with Gasteiger partial charge in [0.2, 0.25) is 0 Å². The fourth-order valence-corrected chi connectivity index (χ4v) is 1.45. The van der Waals surface area contributed by atoms with Crippen LogP contribution in [-0.2, 0) is 4.79 Å². The number of benzene rings is 1. The number of hydrogen-bond acceptors (Lipinski definition) is 3. The lowest BCUT2D eigenvalue weighted by Crippen LogP contribution is -2.10. The van der Waals surface area contributed by atoms with E-state index in [1.54, 1.807) is 26.1 Å². The van der Waals surface area contributed by atoms with Crippen molar-refractivity contribution in [2.45, 2.75) is 13.8 Å². The van der Waals surface area contributed by atoms with Gasteiger partial charge in [-0.2, -0.15) is 0 Å². The van der Waals surface area contributed by atoms with Crippen molar-refractivity contribution in [3.05, 3.63) is 41.5 Å². The van der Waals surface area contributed by atoms with Crippen molar-refractivity contribution in [2.24, 2.45) is 4.99 Å². The van der Waals surface area contributed by atoms with Gasteiger partial charge >= 0.3 is 0 Å². The number of carbonyl (C=O) groups excluding carboxylic acids is 1. The molecule has 0 atom stereocenters. The van der Waals surface area contributed by atoms with Gasteiger partial charge in [0, 0.05) is 18.3 Å². The highest BCUT2D eigenvalue weighted by Crippen LogP contribution is 2.17. The monoisotopic (exact) mass is 217 g/mol. The van der Waals surface area contributed by atoms with Crippen molar-refractivity contribution in [3.8, 4) is 0 Å². The van der Waals surface area contributed by atoms with Crippen LogP contribution in [0.4, 0.5) is 0 Å². The summed E-state index contributed by atoms with van der Waals surface area (Å²) in [6.07, 6.45) is 0. The van der Waals surface area contributed by atoms with E-state index in [0.717, 1.165) is 0 Å². The van der Waals surface area contributed by atoms with E-state index in [4.69, 9.17) is 0 Å². The Morgan fingerprint density at radius 1 is 1.19 bits per heavy atom. The molecule has 0 bridgehead atoms. The predicted octanol–water partition coefficient (Wildman–Crippen LogP) is 2.64. The van der Waals surface area contributed by atoms with Gasteiger partial charge in [-0.3, -0.25) is 9.79 Å². The highest BCUT2D eigenvalue weighted by atomic mass is 16.3. The molecule has 0 heterocycles. The third kappa shape index (κ3) is 2.57. The van der Waals surface area contributed by atoms with Crippen LogP contribution in [0.5, 0.6) is 0 Å². The maximum absolute atomic E-state index is 11.5. The highest BCUT2D eigenvalue weighted by Gasteiger charge is 2.15. The molecule has 0 unspecified atom stereocenters. The Hall–Kier alpha value is -1.90. The number of rotatable bonds is 3. The first-order valence-corrected chi connectivity index (χ1v) is 5.01. The number of carbonyl (C=O) groups is 1. The number of ketones is 1. The molecule has 0 aromatic heterocycles. The molecule has 0 saturated carbocycles. The molecule has 16 heavy (non-hydrogen) atoms. The number of nitrogens with zero attached hydrogens (tertiary/aromatic N) is 1. The zero-order valence-electron chi connectivity index (χ0n) is 9.69. The lowest BCUT2D eigenvalue weighted by atomic mass is 10.0. The Bertz CT molecular complexity index is 444. The van der Waals surface area contributed by atoms with Crippen molar-refractivity contribution in [3.63, 3.8) is 0 Å². The molecule has 0 fully saturated rings. The van der Waals surface area contributed by atoms with Crippen molar-refractivity contribution in [1.29, 1.82) is 0 Å². The summed E-state index contributed by atoms with van der Waals surface area (Å²) in [6.45, 7) is 3.12. The van der Waals surface area contributed by atoms with Crippen LogP contribution >= 0.6 is 0 Å². The smallest absolute Gasteiger partial charge is 0.165 e. The van der Waals surface area contributed by atoms with Crippen molar-refractivity contribution >= 4 is 17.3 Å². The number of aliphatic hydroxyl groups is 1. The average molecular weight is 217 g/mol. The van der Waals surface area contributed by atoms with Crippen molar-refractivity contribution in [2.75, 3.05) is 7.05 Å². The van der Waals surface area contributed by atoms with Gasteiger partial charge in [-0.05, 0) is 13.8 Å². The van der Waals surface area contributed by atoms with Gasteiger partial charge in [0.25, 0.3) is 0 Å². The van der Waals surface area contributed by atoms with Gasteiger partial charge in [-0.15, -0.1) is 0 Å². The van der Waals surface area contributed by atoms with E-state index in [2.05, 4.69) is 4.99 Å². The van der Waals surface area contributed by atoms with Gasteiger partial charge in [0.15, 0.2) is 5.78 Å². The summed E-state index contributed by atoms with van der Waals surface area (Å²) in [7, 11) is 1.59. The van der Waals surface area contributed by atoms with E-state index in [0.29, 0.717) is 11.3 Å². The molecule has 1 rings (SSSR count). The quantitative estimate of drug-likeness (QED) is 0.480. The van der Waals surface area contributed by atoms with E-state index >= 15 is 0 Å². The number of aliphatic hydroxyl groups excluding tert-OH is 1. The third-order valence-electron chi connectivity index (χ3n) is 2.33. The fourth-order valence-electron chi connectivity index (χ4n) is 1.45. The van der Waals surface area contributed by atoms with Crippen LogP contribution in [0.25, 0.3) is 5.76 Å². The van der Waals surface area contributed by atoms with Crippen molar-refractivity contribution in [1.82, 2.24) is 0 Å². The molecule has 1 aromatic carbocycles. The average Bonchev–Trinajstić information content (AvgIpc) is 2.29. The normalized spacial score (nSPS) is 13.3. The number of aliphatic imine (C=N–C) groups is 1. The van der Waals surface area contributed by atoms with Crippen LogP contribution in [-0.4, -0.2) is 23.6 Å². The first kappa shape index (κ1) is 12.2. The Balaban J connectivity index is 3.34. The van der Waals surface area contributed by atoms with Crippen LogP contribution in [0, 0.1) is 0 Å². The molecular weight excluding hydrogens is 202 g/mol. The Kier molecular flexibility index (Phi) is 4.00. The summed E-state index contributed by atoms with van der Waals surface area (Å²) in [6, 6.07) is 8.97. The third-order valence-corrected chi connectivity index (χ3v) is 2.33. The molecule has 0 aliphatic rings. The molecule has 0 amide bonds. The molecular formula is C13H15NO2. The number of Topliss-reactive ketones (excluding diaryl/α,β-unsaturated/α-hetero) is 1. The van der Waals surface area contributed by atoms with Gasteiger partial charge in [-0.1, -0.05) is 30.3 Å². The maximum atomic E-state index is 11.5. The molecule has 1 N–H and O–H groups in total. The standard InChI is InChI=1S/C13H15NO2/c1-9(14-3)12(10(2)15)13(16)11-7-5-4-6-8-11/h4-8,16H,1-3H3/b13-12-,14-9?. The minimum atomic E-state index is -0.190. The van der Waals surface area contributed by atoms with Crippen LogP contribution in [0.15, 0.2) is 40.9 Å². The molecule has 0 spiro atoms. The van der Waals surface area contributed by atoms with Gasteiger partial charge in [-0.25, -0.2) is 0 Å². The fraction of sp³-hybridized carbons (Fsp3) is 0.231. The maximum Gasteiger partial charge on any atom is 0.165 e. The molecule has 0 aliphatic carbocycles. The van der Waals surface area contributed by atoms with Gasteiger partial charge < -0.3 is 5.11 Å². The van der Waals surface area contributed by atoms with E-state index in [9.17, 15) is 9.90 Å². The molecule has 0 aliphatic heterocycles. The lowest BCUT2D eigenvalue weighted by Gasteiger charge is -2.07. The van der Waals surface area contributed by atoms with E-state index in [1.807, 2.05) is 18.2 Å². The largest absolute Gasteiger partial charge is 0.506 e. The lowest BCUT2D eigenvalue weighted by molar-refractivity contribution is -0.113. The minimum Gasteiger partial charge on any atom is -0.506 e. The zero-order valence-corrected chi connectivity index (χ0v) is 9.69. The first-order valence-electron chi connectivity index (χ1n) is 5.01. The Morgan fingerprint density at radius 2 is 1.75 bits per heavy atom. The summed E-state index contributed by atoms with van der Waals surface area (Å²) in [4.78, 5) is 15.4. The molecule has 0 saturated heterocycles. The van der Waals surface area contributed by atoms with Gasteiger partial charge in [0.05, 0.1) is 5.57 Å². The summed E-state index contributed by atoms with van der Waals surface area (Å²) >= 11 is 0. The van der Waals surface area contributed by atoms with Crippen molar-refractivity contribution < 1.29 is 9.90 Å². The van der Waals surface area contributed by atoms with Gasteiger partial charge in [0.1, 0.15) is 5.76 Å². The summed E-state index contributed by atoms with van der Waals surface area (Å²) in [5.74, 6) is -0.208. The van der Waals surface area contributed by atoms with Crippen LogP contribution in [0.3, 0.4) is 0 Å². The van der Waals surface area contributed by atoms with Crippen LogP contribution < -0.4 is 0 Å². The van der Waals surface area contributed by atoms with E-state index < -0.39 is 0 Å². The molecule has 84 valence electrons. The molecule has 3 heteroatoms. The topological polar surface area (TPSA) is 49.7 Å². The highest BCUT2D eigenvalue weighted by molar-refractivity contribution is 6.24. The molecule has 3 nitrogen and oxygen atoms in total. The SMILES string of the molecule is CN=C(C)/C(C(C)=O)=C(/O)c1ccccc1. The molecule has 1 aromatic rings. The van der Waals surface area contributed by atoms with Crippen LogP contribution in [0.1, 0.15) is 19.4 Å². The minimum absolute atomic E-state index is 0.0174. The zero-order chi connectivity index (χ0) is 12.1. The predicted molar refractivity (Wildman–Crippen MR) is 65.7 cm³/mol. The van der Waals surface area contributed by atoms with E-state index in [-0.39, 0.29) is 17.1 Å². The summed E-state index contributed by atoms with van der Waals surface area (Å²) in [5, 5.41) is 10.0. The second-order valence-electron chi connectivity index (χ2n) is 3.45. The Morgan fingerprint density at radius 3 is 2.19 bits per heavy atom. The number of allylic oxidation sites excluding steroid dienone is 1. The van der Waals surface area contributed by atoms with Crippen LogP contribution in [0.2, 0.25) is 0 Å². The summed E-state index contributed by atoms with van der Waals surface area (Å²) < 4.78 is 0. The first-order chi connectivity index (χ1) is 7.57. The Labute approximate surface area is 95.1 Å². The second-order valence-corrected chi connectivity index (χ2v) is 3.45. The van der Waals surface area contributed by atoms with E-state index in [1.165, 1.54) is 6.92 Å². The number of hydrogen-bond donors (Lipinski definition) is 1. The summed E-state index contributed by atoms with van der Waals surface area (Å²) in [5.41, 5.74) is 1.43.